The number of hydrogen-bond acceptors (Lipinski definition) is 3. The van der Waals surface area contributed by atoms with Gasteiger partial charge in [0.15, 0.2) is 5.09 Å². The van der Waals surface area contributed by atoms with Gasteiger partial charge in [0, 0.05) is 10.5 Å². The van der Waals surface area contributed by atoms with E-state index in [1.807, 2.05) is 48.5 Å². The van der Waals surface area contributed by atoms with Gasteiger partial charge in [-0.25, -0.2) is 4.98 Å². The van der Waals surface area contributed by atoms with Crippen LogP contribution in [0.3, 0.4) is 0 Å². The van der Waals surface area contributed by atoms with E-state index in [2.05, 4.69) is 17.1 Å². The van der Waals surface area contributed by atoms with Gasteiger partial charge in [0.2, 0.25) is 5.89 Å². The molecule has 2 aromatic carbocycles. The van der Waals surface area contributed by atoms with Gasteiger partial charge in [-0.3, -0.25) is 0 Å². The topological polar surface area (TPSA) is 26.0 Å². The van der Waals surface area contributed by atoms with Crippen LogP contribution in [-0.4, -0.2) is 4.98 Å². The molecule has 0 aliphatic rings. The number of nitrogens with zero attached hydrogens (tertiary/aromatic N) is 1. The summed E-state index contributed by atoms with van der Waals surface area (Å²) in [5, 5.41) is 0.806. The van der Waals surface area contributed by atoms with Crippen LogP contribution in [0.2, 0.25) is 0 Å². The number of aromatic nitrogens is 1. The molecule has 0 saturated heterocycles. The minimum absolute atomic E-state index is 0.661. The minimum atomic E-state index is 0.661. The summed E-state index contributed by atoms with van der Waals surface area (Å²) in [5.74, 6) is 0.661. The number of rotatable bonds is 3. The minimum Gasteiger partial charge on any atom is -0.430 e. The Hall–Kier alpha value is -2.00. The zero-order valence-corrected chi connectivity index (χ0v) is 10.4. The van der Waals surface area contributed by atoms with Crippen molar-refractivity contribution in [2.24, 2.45) is 0 Å². The van der Waals surface area contributed by atoms with Crippen LogP contribution >= 0.6 is 11.8 Å². The second kappa shape index (κ2) is 5.10. The molecule has 0 aliphatic carbocycles. The molecule has 0 saturated carbocycles. The highest BCUT2D eigenvalue weighted by molar-refractivity contribution is 7.99. The van der Waals surface area contributed by atoms with Crippen LogP contribution in [-0.2, 0) is 0 Å². The lowest BCUT2D eigenvalue weighted by molar-refractivity contribution is 0.484. The first-order valence-corrected chi connectivity index (χ1v) is 6.47. The summed E-state index contributed by atoms with van der Waals surface area (Å²) < 4.78 is 5.73. The molecule has 0 aliphatic heterocycles. The molecule has 2 nitrogen and oxygen atoms in total. The number of hydrogen-bond donors (Lipinski definition) is 0. The van der Waals surface area contributed by atoms with Crippen molar-refractivity contribution in [3.63, 3.8) is 0 Å². The average molecular weight is 253 g/mol. The van der Waals surface area contributed by atoms with Crippen LogP contribution < -0.4 is 0 Å². The fraction of sp³-hybridized carbons (Fsp3) is 0. The first-order chi connectivity index (χ1) is 8.92. The Morgan fingerprint density at radius 3 is 2.22 bits per heavy atom. The lowest BCUT2D eigenvalue weighted by Crippen LogP contribution is -1.73. The maximum Gasteiger partial charge on any atom is 0.227 e. The van der Waals surface area contributed by atoms with E-state index in [1.165, 1.54) is 0 Å². The van der Waals surface area contributed by atoms with E-state index in [9.17, 15) is 0 Å². The highest BCUT2D eigenvalue weighted by Gasteiger charge is 2.07. The molecule has 0 atom stereocenters. The van der Waals surface area contributed by atoms with Crippen molar-refractivity contribution < 1.29 is 4.42 Å². The van der Waals surface area contributed by atoms with Crippen LogP contribution in [0, 0.1) is 0 Å². The van der Waals surface area contributed by atoms with Gasteiger partial charge in [-0.2, -0.15) is 0 Å². The van der Waals surface area contributed by atoms with E-state index >= 15 is 0 Å². The summed E-state index contributed by atoms with van der Waals surface area (Å²) in [5.41, 5.74) is 0.998. The smallest absolute Gasteiger partial charge is 0.227 e. The molecule has 0 spiro atoms. The molecular formula is C15H11NOS. The van der Waals surface area contributed by atoms with E-state index < -0.39 is 0 Å². The van der Waals surface area contributed by atoms with Gasteiger partial charge in [-0.1, -0.05) is 48.2 Å². The Morgan fingerprint density at radius 2 is 1.50 bits per heavy atom. The molecule has 0 fully saturated rings. The summed E-state index contributed by atoms with van der Waals surface area (Å²) in [6.07, 6.45) is 1.76. The number of benzene rings is 2. The van der Waals surface area contributed by atoms with Crippen molar-refractivity contribution in [2.75, 3.05) is 0 Å². The Labute approximate surface area is 110 Å². The Morgan fingerprint density at radius 1 is 0.833 bits per heavy atom. The molecule has 0 bridgehead atoms. The summed E-state index contributed by atoms with van der Waals surface area (Å²) in [6, 6.07) is 20.0. The van der Waals surface area contributed by atoms with Crippen molar-refractivity contribution in [3.8, 4) is 11.5 Å². The third kappa shape index (κ3) is 2.46. The third-order valence-corrected chi connectivity index (χ3v) is 3.36. The molecule has 3 aromatic rings. The Kier molecular flexibility index (Phi) is 3.15. The molecule has 3 heteroatoms. The quantitative estimate of drug-likeness (QED) is 0.687. The van der Waals surface area contributed by atoms with Crippen LogP contribution in [0.25, 0.3) is 11.5 Å². The summed E-state index contributed by atoms with van der Waals surface area (Å²) in [4.78, 5) is 5.44. The first-order valence-electron chi connectivity index (χ1n) is 5.66. The monoisotopic (exact) mass is 253 g/mol. The van der Waals surface area contributed by atoms with Gasteiger partial charge in [0.1, 0.15) is 0 Å². The normalized spacial score (nSPS) is 10.4. The van der Waals surface area contributed by atoms with E-state index in [4.69, 9.17) is 4.42 Å². The van der Waals surface area contributed by atoms with Crippen LogP contribution in [0.1, 0.15) is 0 Å². The molecular weight excluding hydrogens is 242 g/mol. The number of oxazole rings is 1. The zero-order chi connectivity index (χ0) is 12.2. The third-order valence-electron chi connectivity index (χ3n) is 2.47. The second-order valence-corrected chi connectivity index (χ2v) is 4.84. The lowest BCUT2D eigenvalue weighted by atomic mass is 10.2. The summed E-state index contributed by atoms with van der Waals surface area (Å²) in [7, 11) is 0. The van der Waals surface area contributed by atoms with E-state index in [-0.39, 0.29) is 0 Å². The molecule has 3 rings (SSSR count). The Bertz CT molecular complexity index is 619. The van der Waals surface area contributed by atoms with Gasteiger partial charge >= 0.3 is 0 Å². The SMILES string of the molecule is c1ccc(Sc2cnc(-c3ccccc3)o2)cc1. The molecule has 0 unspecified atom stereocenters. The predicted molar refractivity (Wildman–Crippen MR) is 72.5 cm³/mol. The highest BCUT2D eigenvalue weighted by atomic mass is 32.2. The molecule has 1 aromatic heterocycles. The van der Waals surface area contributed by atoms with Crippen molar-refractivity contribution in [1.82, 2.24) is 4.98 Å². The van der Waals surface area contributed by atoms with Crippen molar-refractivity contribution >= 4 is 11.8 Å². The largest absolute Gasteiger partial charge is 0.430 e. The van der Waals surface area contributed by atoms with Gasteiger partial charge in [-0.15, -0.1) is 0 Å². The molecule has 0 amide bonds. The van der Waals surface area contributed by atoms with Crippen molar-refractivity contribution in [1.29, 1.82) is 0 Å². The van der Waals surface area contributed by atoms with Crippen LogP contribution in [0.15, 0.2) is 81.3 Å². The molecule has 18 heavy (non-hydrogen) atoms. The molecule has 0 N–H and O–H groups in total. The van der Waals surface area contributed by atoms with Gasteiger partial charge < -0.3 is 4.42 Å². The molecule has 1 heterocycles. The first kappa shape index (κ1) is 11.1. The van der Waals surface area contributed by atoms with Crippen LogP contribution in [0.5, 0.6) is 0 Å². The maximum atomic E-state index is 5.73. The van der Waals surface area contributed by atoms with E-state index in [0.29, 0.717) is 5.89 Å². The lowest BCUT2D eigenvalue weighted by Gasteiger charge is -1.96. The standard InChI is InChI=1S/C15H11NOS/c1-3-7-12(8-4-1)15-16-11-14(17-15)18-13-9-5-2-6-10-13/h1-11H. The summed E-state index contributed by atoms with van der Waals surface area (Å²) >= 11 is 1.57. The highest BCUT2D eigenvalue weighted by Crippen LogP contribution is 2.30. The van der Waals surface area contributed by atoms with E-state index in [1.54, 1.807) is 18.0 Å². The van der Waals surface area contributed by atoms with Gasteiger partial charge in [0.05, 0.1) is 6.20 Å². The fourth-order valence-electron chi connectivity index (χ4n) is 1.63. The fourth-order valence-corrected chi connectivity index (χ4v) is 2.38. The Balaban J connectivity index is 1.82. The zero-order valence-electron chi connectivity index (χ0n) is 9.61. The van der Waals surface area contributed by atoms with Gasteiger partial charge in [-0.05, 0) is 24.3 Å². The predicted octanol–water partition coefficient (Wildman–Crippen LogP) is 4.49. The van der Waals surface area contributed by atoms with Crippen molar-refractivity contribution in [2.45, 2.75) is 9.99 Å². The molecule has 88 valence electrons. The second-order valence-electron chi connectivity index (χ2n) is 3.77. The van der Waals surface area contributed by atoms with E-state index in [0.717, 1.165) is 15.6 Å². The van der Waals surface area contributed by atoms with Crippen molar-refractivity contribution in [3.05, 3.63) is 66.9 Å². The molecule has 0 radical (unpaired) electrons. The average Bonchev–Trinajstić information content (AvgIpc) is 2.89. The van der Waals surface area contributed by atoms with Crippen LogP contribution in [0.4, 0.5) is 0 Å². The van der Waals surface area contributed by atoms with Gasteiger partial charge in [0.25, 0.3) is 0 Å². The summed E-state index contributed by atoms with van der Waals surface area (Å²) in [6.45, 7) is 0. The maximum absolute atomic E-state index is 5.73.